The molecule has 0 aliphatic carbocycles. The van der Waals surface area contributed by atoms with Gasteiger partial charge in [-0.2, -0.15) is 0 Å². The summed E-state index contributed by atoms with van der Waals surface area (Å²) >= 11 is 0. The van der Waals surface area contributed by atoms with Crippen LogP contribution in [0.3, 0.4) is 0 Å². The molecule has 0 atom stereocenters. The summed E-state index contributed by atoms with van der Waals surface area (Å²) in [5.41, 5.74) is 5.75. The quantitative estimate of drug-likeness (QED) is 0.478. The van der Waals surface area contributed by atoms with E-state index in [2.05, 4.69) is 77.6 Å². The fourth-order valence-electron chi connectivity index (χ4n) is 2.15. The van der Waals surface area contributed by atoms with Crippen molar-refractivity contribution in [1.29, 1.82) is 0 Å². The topological polar surface area (TPSA) is 25.8 Å². The minimum Gasteiger partial charge on any atom is -0.236 e. The number of hydrogen-bond acceptors (Lipinski definition) is 2. The number of aromatic nitrogens is 2. The number of nitrogens with zero attached hydrogens (tertiary/aromatic N) is 2. The van der Waals surface area contributed by atoms with E-state index in [0.717, 1.165) is 22.5 Å². The molecule has 0 bridgehead atoms. The Kier molecular flexibility index (Phi) is 9.63. The smallest absolute Gasteiger partial charge is 0.159 e. The second kappa shape index (κ2) is 11.8. The van der Waals surface area contributed by atoms with E-state index < -0.39 is 0 Å². The van der Waals surface area contributed by atoms with Crippen LogP contribution in [-0.2, 0) is 0 Å². The van der Waals surface area contributed by atoms with Crippen molar-refractivity contribution in [3.63, 3.8) is 0 Å². The van der Waals surface area contributed by atoms with Crippen LogP contribution in [0.5, 0.6) is 0 Å². The maximum atomic E-state index is 4.35. The zero-order chi connectivity index (χ0) is 19.4. The molecule has 0 amide bonds. The summed E-state index contributed by atoms with van der Waals surface area (Å²) in [5.74, 6) is 0.764. The van der Waals surface area contributed by atoms with E-state index in [4.69, 9.17) is 0 Å². The molecule has 0 aliphatic rings. The molecule has 3 rings (SSSR count). The fourth-order valence-corrected chi connectivity index (χ4v) is 2.15. The van der Waals surface area contributed by atoms with E-state index in [0.29, 0.717) is 0 Å². The Balaban J connectivity index is 0.000000791. The maximum absolute atomic E-state index is 4.35. The Morgan fingerprint density at radius 1 is 0.577 bits per heavy atom. The predicted molar refractivity (Wildman–Crippen MR) is 115 cm³/mol. The third-order valence-electron chi connectivity index (χ3n) is 3.50. The van der Waals surface area contributed by atoms with Crippen LogP contribution in [0, 0.1) is 13.8 Å². The highest BCUT2D eigenvalue weighted by Gasteiger charge is 1.99. The average Bonchev–Trinajstić information content (AvgIpc) is 2.72. The van der Waals surface area contributed by atoms with E-state index in [-0.39, 0.29) is 0 Å². The van der Waals surface area contributed by atoms with Crippen molar-refractivity contribution in [3.05, 3.63) is 83.2 Å². The first-order valence-electron chi connectivity index (χ1n) is 9.34. The molecule has 2 nitrogen and oxygen atoms in total. The first-order chi connectivity index (χ1) is 12.7. The SMILES string of the molecule is CC.CC.Cc1ccc(/C=C/c2ccc(-c3ncc(C)cn3)cc2)cc1. The van der Waals surface area contributed by atoms with Gasteiger partial charge in [0.25, 0.3) is 0 Å². The summed E-state index contributed by atoms with van der Waals surface area (Å²) in [6.07, 6.45) is 7.92. The lowest BCUT2D eigenvalue weighted by atomic mass is 10.1. The largest absolute Gasteiger partial charge is 0.236 e. The Morgan fingerprint density at radius 3 is 1.46 bits per heavy atom. The van der Waals surface area contributed by atoms with Gasteiger partial charge in [0.2, 0.25) is 0 Å². The van der Waals surface area contributed by atoms with E-state index >= 15 is 0 Å². The Morgan fingerprint density at radius 2 is 1.00 bits per heavy atom. The molecule has 0 aliphatic heterocycles. The van der Waals surface area contributed by atoms with E-state index in [1.54, 1.807) is 0 Å². The van der Waals surface area contributed by atoms with Crippen LogP contribution in [0.15, 0.2) is 60.9 Å². The molecule has 136 valence electrons. The van der Waals surface area contributed by atoms with Crippen molar-refractivity contribution < 1.29 is 0 Å². The second-order valence-electron chi connectivity index (χ2n) is 5.45. The minimum absolute atomic E-state index is 0.764. The third kappa shape index (κ3) is 6.64. The molecular formula is C24H30N2. The fraction of sp³-hybridized carbons (Fsp3) is 0.250. The second-order valence-corrected chi connectivity index (χ2v) is 5.45. The lowest BCUT2D eigenvalue weighted by Crippen LogP contribution is -1.88. The van der Waals surface area contributed by atoms with Crippen LogP contribution in [0.25, 0.3) is 23.5 Å². The van der Waals surface area contributed by atoms with Crippen LogP contribution < -0.4 is 0 Å². The van der Waals surface area contributed by atoms with Gasteiger partial charge in [-0.15, -0.1) is 0 Å². The molecule has 0 radical (unpaired) electrons. The number of aryl methyl sites for hydroxylation is 2. The van der Waals surface area contributed by atoms with E-state index in [1.807, 2.05) is 47.0 Å². The van der Waals surface area contributed by atoms with Crippen LogP contribution in [0.4, 0.5) is 0 Å². The van der Waals surface area contributed by atoms with Gasteiger partial charge in [-0.3, -0.25) is 0 Å². The molecule has 0 spiro atoms. The molecule has 0 N–H and O–H groups in total. The third-order valence-corrected chi connectivity index (χ3v) is 3.50. The van der Waals surface area contributed by atoms with Crippen molar-refractivity contribution >= 4 is 12.2 Å². The van der Waals surface area contributed by atoms with Crippen LogP contribution in [0.1, 0.15) is 49.9 Å². The van der Waals surface area contributed by atoms with Crippen molar-refractivity contribution in [1.82, 2.24) is 9.97 Å². The van der Waals surface area contributed by atoms with Crippen molar-refractivity contribution in [3.8, 4) is 11.4 Å². The standard InChI is InChI=1S/C20H18N2.2C2H6/c1-15-3-5-17(6-4-15)7-8-18-9-11-19(12-10-18)20-21-13-16(2)14-22-20;2*1-2/h3-14H,1-2H3;2*1-2H3/b8-7+;;. The average molecular weight is 347 g/mol. The molecule has 0 saturated heterocycles. The van der Waals surface area contributed by atoms with Crippen molar-refractivity contribution in [2.24, 2.45) is 0 Å². The van der Waals surface area contributed by atoms with Crippen LogP contribution >= 0.6 is 0 Å². The summed E-state index contributed by atoms with van der Waals surface area (Å²) < 4.78 is 0. The minimum atomic E-state index is 0.764. The Labute approximate surface area is 158 Å². The van der Waals surface area contributed by atoms with E-state index in [1.165, 1.54) is 11.1 Å². The highest BCUT2D eigenvalue weighted by atomic mass is 14.9. The molecule has 2 heteroatoms. The lowest BCUT2D eigenvalue weighted by molar-refractivity contribution is 1.14. The molecule has 2 aromatic carbocycles. The molecule has 0 unspecified atom stereocenters. The van der Waals surface area contributed by atoms with Gasteiger partial charge >= 0.3 is 0 Å². The summed E-state index contributed by atoms with van der Waals surface area (Å²) in [6.45, 7) is 12.1. The zero-order valence-electron chi connectivity index (χ0n) is 16.8. The first kappa shape index (κ1) is 21.3. The highest BCUT2D eigenvalue weighted by molar-refractivity contribution is 5.71. The zero-order valence-corrected chi connectivity index (χ0v) is 16.8. The normalized spacial score (nSPS) is 9.77. The van der Waals surface area contributed by atoms with Gasteiger partial charge in [0, 0.05) is 18.0 Å². The van der Waals surface area contributed by atoms with Crippen LogP contribution in [-0.4, -0.2) is 9.97 Å². The highest BCUT2D eigenvalue weighted by Crippen LogP contribution is 2.17. The van der Waals surface area contributed by atoms with Gasteiger partial charge in [-0.1, -0.05) is 93.9 Å². The van der Waals surface area contributed by atoms with Gasteiger partial charge < -0.3 is 0 Å². The molecule has 1 aromatic heterocycles. The van der Waals surface area contributed by atoms with Crippen molar-refractivity contribution in [2.45, 2.75) is 41.5 Å². The molecule has 3 aromatic rings. The van der Waals surface area contributed by atoms with Gasteiger partial charge in [-0.05, 0) is 30.5 Å². The van der Waals surface area contributed by atoms with Crippen molar-refractivity contribution in [2.75, 3.05) is 0 Å². The monoisotopic (exact) mass is 346 g/mol. The molecule has 26 heavy (non-hydrogen) atoms. The lowest BCUT2D eigenvalue weighted by Gasteiger charge is -2.01. The maximum Gasteiger partial charge on any atom is 0.159 e. The number of rotatable bonds is 3. The van der Waals surface area contributed by atoms with Gasteiger partial charge in [0.15, 0.2) is 5.82 Å². The molecule has 1 heterocycles. The number of benzene rings is 2. The summed E-state index contributed by atoms with van der Waals surface area (Å²) in [7, 11) is 0. The van der Waals surface area contributed by atoms with Gasteiger partial charge in [-0.25, -0.2) is 9.97 Å². The van der Waals surface area contributed by atoms with Crippen LogP contribution in [0.2, 0.25) is 0 Å². The van der Waals surface area contributed by atoms with Gasteiger partial charge in [0.1, 0.15) is 0 Å². The van der Waals surface area contributed by atoms with Gasteiger partial charge in [0.05, 0.1) is 0 Å². The molecular weight excluding hydrogens is 316 g/mol. The predicted octanol–water partition coefficient (Wildman–Crippen LogP) is 6.98. The van der Waals surface area contributed by atoms with E-state index in [9.17, 15) is 0 Å². The summed E-state index contributed by atoms with van der Waals surface area (Å²) in [4.78, 5) is 8.70. The molecule has 0 saturated carbocycles. The summed E-state index contributed by atoms with van der Waals surface area (Å²) in [5, 5.41) is 0. The first-order valence-corrected chi connectivity index (χ1v) is 9.34. The number of hydrogen-bond donors (Lipinski definition) is 0. The Hall–Kier alpha value is -2.74. The molecule has 0 fully saturated rings. The summed E-state index contributed by atoms with van der Waals surface area (Å²) in [6, 6.07) is 16.8. The Bertz CT molecular complexity index is 768.